The predicted octanol–water partition coefficient (Wildman–Crippen LogP) is 1.73. The molecule has 3 heteroatoms. The molecule has 0 heterocycles. The molecule has 3 N–H and O–H groups in total. The van der Waals surface area contributed by atoms with Crippen molar-refractivity contribution in [2.45, 2.75) is 20.3 Å². The zero-order chi connectivity index (χ0) is 8.85. The Labute approximate surface area is 66.9 Å². The molecule has 0 saturated heterocycles. The van der Waals surface area contributed by atoms with Crippen molar-refractivity contribution in [3.05, 3.63) is 24.1 Å². The van der Waals surface area contributed by atoms with Crippen molar-refractivity contribution >= 4 is 5.84 Å². The summed E-state index contributed by atoms with van der Waals surface area (Å²) in [6.45, 7) is 6.93. The smallest absolute Gasteiger partial charge is 0.115 e. The summed E-state index contributed by atoms with van der Waals surface area (Å²) in [4.78, 5) is 3.92. The lowest BCUT2D eigenvalue weighted by molar-refractivity contribution is 0.408. The second kappa shape index (κ2) is 4.55. The molecule has 0 aliphatic heterocycles. The number of aliphatic hydroxyl groups is 1. The number of rotatable bonds is 3. The Morgan fingerprint density at radius 3 is 2.55 bits per heavy atom. The monoisotopic (exact) mass is 154 g/mol. The topological polar surface area (TPSA) is 58.6 Å². The molecule has 0 aliphatic rings. The van der Waals surface area contributed by atoms with Gasteiger partial charge in [-0.05, 0) is 13.0 Å². The molecule has 0 bridgehead atoms. The first-order chi connectivity index (χ1) is 5.11. The van der Waals surface area contributed by atoms with Crippen molar-refractivity contribution < 1.29 is 5.11 Å². The van der Waals surface area contributed by atoms with Gasteiger partial charge in [-0.1, -0.05) is 13.5 Å². The number of aliphatic hydroxyl groups excluding tert-OH is 1. The molecule has 3 nitrogen and oxygen atoms in total. The van der Waals surface area contributed by atoms with Crippen LogP contribution in [0, 0.1) is 0 Å². The average Bonchev–Trinajstić information content (AvgIpc) is 1.99. The Morgan fingerprint density at radius 1 is 1.73 bits per heavy atom. The first-order valence-corrected chi connectivity index (χ1v) is 3.47. The minimum Gasteiger partial charge on any atom is -0.510 e. The van der Waals surface area contributed by atoms with Crippen molar-refractivity contribution in [1.29, 1.82) is 0 Å². The fraction of sp³-hybridized carbons (Fsp3) is 0.375. The number of nitrogens with two attached hydrogens (primary N) is 1. The SMILES string of the molecule is C=CC(/N=C(/N)CC)=C(/C)O. The van der Waals surface area contributed by atoms with E-state index in [1.807, 2.05) is 6.92 Å². The van der Waals surface area contributed by atoms with Crippen LogP contribution in [0.1, 0.15) is 20.3 Å². The Kier molecular flexibility index (Phi) is 4.03. The van der Waals surface area contributed by atoms with Crippen LogP contribution in [-0.4, -0.2) is 10.9 Å². The molecule has 0 aromatic rings. The molecule has 0 aromatic carbocycles. The lowest BCUT2D eigenvalue weighted by atomic mass is 10.3. The Balaban J connectivity index is 4.57. The summed E-state index contributed by atoms with van der Waals surface area (Å²) < 4.78 is 0. The van der Waals surface area contributed by atoms with E-state index >= 15 is 0 Å². The number of amidine groups is 1. The third kappa shape index (κ3) is 3.45. The van der Waals surface area contributed by atoms with Crippen LogP contribution in [0.3, 0.4) is 0 Å². The van der Waals surface area contributed by atoms with Gasteiger partial charge in [0.2, 0.25) is 0 Å². The molecule has 0 fully saturated rings. The highest BCUT2D eigenvalue weighted by Crippen LogP contribution is 2.03. The first-order valence-electron chi connectivity index (χ1n) is 3.47. The number of allylic oxidation sites excluding steroid dienone is 2. The van der Waals surface area contributed by atoms with Crippen molar-refractivity contribution in [2.75, 3.05) is 0 Å². The van der Waals surface area contributed by atoms with Crippen LogP contribution in [0.4, 0.5) is 0 Å². The third-order valence-electron chi connectivity index (χ3n) is 1.19. The molecule has 0 unspecified atom stereocenters. The van der Waals surface area contributed by atoms with Gasteiger partial charge in [0, 0.05) is 6.42 Å². The lowest BCUT2D eigenvalue weighted by Crippen LogP contribution is -2.09. The minimum atomic E-state index is 0.136. The second-order valence-electron chi connectivity index (χ2n) is 2.13. The van der Waals surface area contributed by atoms with Gasteiger partial charge >= 0.3 is 0 Å². The minimum absolute atomic E-state index is 0.136. The molecule has 0 aromatic heterocycles. The predicted molar refractivity (Wildman–Crippen MR) is 47.4 cm³/mol. The van der Waals surface area contributed by atoms with Crippen LogP contribution < -0.4 is 5.73 Å². The van der Waals surface area contributed by atoms with Crippen LogP contribution in [0.2, 0.25) is 0 Å². The van der Waals surface area contributed by atoms with E-state index in [0.29, 0.717) is 18.0 Å². The molecule has 0 saturated carbocycles. The number of aliphatic imine (C=N–C) groups is 1. The summed E-state index contributed by atoms with van der Waals surface area (Å²) in [6, 6.07) is 0. The normalized spacial score (nSPS) is 14.2. The van der Waals surface area contributed by atoms with Crippen molar-refractivity contribution in [2.24, 2.45) is 10.7 Å². The van der Waals surface area contributed by atoms with Crippen molar-refractivity contribution in [1.82, 2.24) is 0 Å². The van der Waals surface area contributed by atoms with E-state index in [0.717, 1.165) is 0 Å². The van der Waals surface area contributed by atoms with Gasteiger partial charge in [0.25, 0.3) is 0 Å². The van der Waals surface area contributed by atoms with Gasteiger partial charge < -0.3 is 10.8 Å². The van der Waals surface area contributed by atoms with E-state index in [2.05, 4.69) is 11.6 Å². The van der Waals surface area contributed by atoms with Gasteiger partial charge in [-0.15, -0.1) is 0 Å². The van der Waals surface area contributed by atoms with E-state index in [1.165, 1.54) is 6.08 Å². The molecular formula is C8H14N2O. The molecule has 0 aliphatic carbocycles. The van der Waals surface area contributed by atoms with Gasteiger partial charge in [-0.3, -0.25) is 0 Å². The molecule has 0 amide bonds. The molecule has 0 atom stereocenters. The Morgan fingerprint density at radius 2 is 2.27 bits per heavy atom. The zero-order valence-corrected chi connectivity index (χ0v) is 6.96. The van der Waals surface area contributed by atoms with Crippen LogP contribution in [0.5, 0.6) is 0 Å². The fourth-order valence-corrected chi connectivity index (χ4v) is 0.508. The summed E-state index contributed by atoms with van der Waals surface area (Å²) >= 11 is 0. The van der Waals surface area contributed by atoms with Crippen LogP contribution in [-0.2, 0) is 0 Å². The van der Waals surface area contributed by atoms with Crippen molar-refractivity contribution in [3.8, 4) is 0 Å². The first kappa shape index (κ1) is 9.75. The largest absolute Gasteiger partial charge is 0.510 e. The van der Waals surface area contributed by atoms with E-state index in [-0.39, 0.29) is 5.76 Å². The summed E-state index contributed by atoms with van der Waals surface area (Å²) in [5.41, 5.74) is 5.88. The van der Waals surface area contributed by atoms with Gasteiger partial charge in [0.05, 0.1) is 5.84 Å². The standard InChI is InChI=1S/C8H14N2O/c1-4-7(6(3)11)10-8(9)5-2/h4,11H,1,5H2,2-3H3,(H2,9,10)/b7-6+. The van der Waals surface area contributed by atoms with Crippen LogP contribution in [0.25, 0.3) is 0 Å². The Bertz CT molecular complexity index is 200. The average molecular weight is 154 g/mol. The van der Waals surface area contributed by atoms with E-state index in [9.17, 15) is 0 Å². The fourth-order valence-electron chi connectivity index (χ4n) is 0.508. The van der Waals surface area contributed by atoms with Gasteiger partial charge in [-0.2, -0.15) is 0 Å². The summed E-state index contributed by atoms with van der Waals surface area (Å²) in [7, 11) is 0. The van der Waals surface area contributed by atoms with Crippen LogP contribution >= 0.6 is 0 Å². The maximum absolute atomic E-state index is 9.00. The molecule has 11 heavy (non-hydrogen) atoms. The van der Waals surface area contributed by atoms with Crippen LogP contribution in [0.15, 0.2) is 29.1 Å². The molecule has 0 rings (SSSR count). The molecular weight excluding hydrogens is 140 g/mol. The van der Waals surface area contributed by atoms with Gasteiger partial charge in [0.15, 0.2) is 0 Å². The lowest BCUT2D eigenvalue weighted by Gasteiger charge is -1.97. The second-order valence-corrected chi connectivity index (χ2v) is 2.13. The number of nitrogens with zero attached hydrogens (tertiary/aromatic N) is 1. The zero-order valence-electron chi connectivity index (χ0n) is 6.96. The van der Waals surface area contributed by atoms with E-state index in [4.69, 9.17) is 10.8 Å². The van der Waals surface area contributed by atoms with E-state index in [1.54, 1.807) is 6.92 Å². The maximum Gasteiger partial charge on any atom is 0.115 e. The van der Waals surface area contributed by atoms with Gasteiger partial charge in [-0.25, -0.2) is 4.99 Å². The highest BCUT2D eigenvalue weighted by atomic mass is 16.3. The molecule has 62 valence electrons. The van der Waals surface area contributed by atoms with Crippen molar-refractivity contribution in [3.63, 3.8) is 0 Å². The van der Waals surface area contributed by atoms with Gasteiger partial charge in [0.1, 0.15) is 11.5 Å². The molecule has 0 radical (unpaired) electrons. The maximum atomic E-state index is 9.00. The summed E-state index contributed by atoms with van der Waals surface area (Å²) in [5, 5.41) is 9.00. The number of hydrogen-bond acceptors (Lipinski definition) is 2. The van der Waals surface area contributed by atoms with E-state index < -0.39 is 0 Å². The third-order valence-corrected chi connectivity index (χ3v) is 1.19. The highest BCUT2D eigenvalue weighted by Gasteiger charge is 1.94. The quantitative estimate of drug-likeness (QED) is 0.281. The summed E-state index contributed by atoms with van der Waals surface area (Å²) in [5.74, 6) is 0.629. The molecule has 0 spiro atoms. The highest BCUT2D eigenvalue weighted by molar-refractivity contribution is 5.81. The Hall–Kier alpha value is -1.25. The summed E-state index contributed by atoms with van der Waals surface area (Å²) in [6.07, 6.45) is 2.14. The number of hydrogen-bond donors (Lipinski definition) is 2.